The third-order valence-corrected chi connectivity index (χ3v) is 4.43. The molecular formula is C14H15FN2O3S. The summed E-state index contributed by atoms with van der Waals surface area (Å²) < 4.78 is 40.4. The zero-order valence-electron chi connectivity index (χ0n) is 11.0. The highest BCUT2D eigenvalue weighted by molar-refractivity contribution is 7.89. The molecule has 0 spiro atoms. The highest BCUT2D eigenvalue weighted by Crippen LogP contribution is 2.20. The summed E-state index contributed by atoms with van der Waals surface area (Å²) in [6.45, 7) is -0.445. The first kappa shape index (κ1) is 15.4. The predicted molar refractivity (Wildman–Crippen MR) is 77.4 cm³/mol. The van der Waals surface area contributed by atoms with Crippen molar-refractivity contribution in [1.82, 2.24) is 4.72 Å². The van der Waals surface area contributed by atoms with Crippen LogP contribution in [-0.2, 0) is 10.0 Å². The van der Waals surface area contributed by atoms with Crippen LogP contribution >= 0.6 is 0 Å². The molecule has 0 aliphatic carbocycles. The van der Waals surface area contributed by atoms with Gasteiger partial charge < -0.3 is 10.8 Å². The van der Waals surface area contributed by atoms with Crippen LogP contribution < -0.4 is 10.5 Å². The number of rotatable bonds is 5. The van der Waals surface area contributed by atoms with E-state index in [1.165, 1.54) is 6.07 Å². The zero-order valence-corrected chi connectivity index (χ0v) is 11.8. The van der Waals surface area contributed by atoms with Gasteiger partial charge >= 0.3 is 0 Å². The molecule has 0 saturated heterocycles. The first-order chi connectivity index (χ1) is 9.94. The van der Waals surface area contributed by atoms with E-state index in [2.05, 4.69) is 4.72 Å². The van der Waals surface area contributed by atoms with Crippen molar-refractivity contribution in [1.29, 1.82) is 0 Å². The Bertz CT molecular complexity index is 720. The van der Waals surface area contributed by atoms with Gasteiger partial charge in [-0.15, -0.1) is 0 Å². The summed E-state index contributed by atoms with van der Waals surface area (Å²) in [6.07, 6.45) is 0. The van der Waals surface area contributed by atoms with E-state index < -0.39 is 33.4 Å². The molecular weight excluding hydrogens is 295 g/mol. The number of halogens is 1. The Hall–Kier alpha value is -1.96. The first-order valence-corrected chi connectivity index (χ1v) is 7.65. The maximum Gasteiger partial charge on any atom is 0.244 e. The van der Waals surface area contributed by atoms with Crippen molar-refractivity contribution in [2.75, 3.05) is 12.3 Å². The number of benzene rings is 2. The number of nitrogen functional groups attached to an aromatic ring is 1. The van der Waals surface area contributed by atoms with Gasteiger partial charge in [0.1, 0.15) is 10.7 Å². The molecule has 2 rings (SSSR count). The lowest BCUT2D eigenvalue weighted by atomic mass is 10.1. The van der Waals surface area contributed by atoms with E-state index in [1.807, 2.05) is 0 Å². The van der Waals surface area contributed by atoms with Crippen LogP contribution in [0.4, 0.5) is 10.1 Å². The Morgan fingerprint density at radius 2 is 1.86 bits per heavy atom. The van der Waals surface area contributed by atoms with Crippen LogP contribution in [0.15, 0.2) is 53.4 Å². The molecule has 0 aromatic heterocycles. The summed E-state index contributed by atoms with van der Waals surface area (Å²) in [6, 6.07) is 11.0. The topological polar surface area (TPSA) is 92.4 Å². The fraction of sp³-hybridized carbons (Fsp3) is 0.143. The molecule has 4 N–H and O–H groups in total. The van der Waals surface area contributed by atoms with Gasteiger partial charge in [-0.05, 0) is 23.8 Å². The summed E-state index contributed by atoms with van der Waals surface area (Å²) >= 11 is 0. The van der Waals surface area contributed by atoms with Crippen molar-refractivity contribution >= 4 is 15.7 Å². The largest absolute Gasteiger partial charge is 0.399 e. The molecule has 0 bridgehead atoms. The predicted octanol–water partition coefficient (Wildman–Crippen LogP) is 1.42. The molecule has 2 aromatic rings. The van der Waals surface area contributed by atoms with Crippen molar-refractivity contribution < 1.29 is 17.9 Å². The number of hydrogen-bond acceptors (Lipinski definition) is 4. The summed E-state index contributed by atoms with van der Waals surface area (Å²) in [4.78, 5) is -0.508. The van der Waals surface area contributed by atoms with E-state index in [-0.39, 0.29) is 5.69 Å². The van der Waals surface area contributed by atoms with Gasteiger partial charge in [0, 0.05) is 5.69 Å². The standard InChI is InChI=1S/C14H15FN2O3S/c15-12-8-11(16)6-7-14(12)21(19,20)17-13(9-18)10-4-2-1-3-5-10/h1-8,13,17-18H,9,16H2/t13-/m0/s1. The highest BCUT2D eigenvalue weighted by atomic mass is 32.2. The lowest BCUT2D eigenvalue weighted by Crippen LogP contribution is -2.31. The fourth-order valence-corrected chi connectivity index (χ4v) is 3.16. The molecule has 0 heterocycles. The molecule has 112 valence electrons. The second kappa shape index (κ2) is 6.21. The average Bonchev–Trinajstić information content (AvgIpc) is 2.45. The fourth-order valence-electron chi connectivity index (χ4n) is 1.88. The van der Waals surface area contributed by atoms with Gasteiger partial charge in [0.05, 0.1) is 12.6 Å². The minimum Gasteiger partial charge on any atom is -0.399 e. The Balaban J connectivity index is 2.32. The Morgan fingerprint density at radius 1 is 1.19 bits per heavy atom. The smallest absolute Gasteiger partial charge is 0.244 e. The zero-order chi connectivity index (χ0) is 15.5. The van der Waals surface area contributed by atoms with Crippen LogP contribution in [-0.4, -0.2) is 20.1 Å². The second-order valence-electron chi connectivity index (χ2n) is 4.46. The Morgan fingerprint density at radius 3 is 2.43 bits per heavy atom. The number of aliphatic hydroxyl groups excluding tert-OH is 1. The highest BCUT2D eigenvalue weighted by Gasteiger charge is 2.23. The normalized spacial score (nSPS) is 13.0. The molecule has 1 atom stereocenters. The molecule has 0 saturated carbocycles. The number of anilines is 1. The molecule has 0 aliphatic heterocycles. The maximum absolute atomic E-state index is 13.7. The average molecular weight is 310 g/mol. The minimum atomic E-state index is -4.11. The van der Waals surface area contributed by atoms with Crippen LogP contribution in [0.1, 0.15) is 11.6 Å². The Kier molecular flexibility index (Phi) is 4.56. The van der Waals surface area contributed by atoms with Gasteiger partial charge in [-0.1, -0.05) is 30.3 Å². The number of hydrogen-bond donors (Lipinski definition) is 3. The van der Waals surface area contributed by atoms with Gasteiger partial charge in [0.25, 0.3) is 0 Å². The summed E-state index contributed by atoms with van der Waals surface area (Å²) in [5.41, 5.74) is 6.11. The van der Waals surface area contributed by atoms with Crippen molar-refractivity contribution in [3.05, 3.63) is 59.9 Å². The lowest BCUT2D eigenvalue weighted by molar-refractivity contribution is 0.258. The van der Waals surface area contributed by atoms with Gasteiger partial charge in [-0.3, -0.25) is 0 Å². The molecule has 0 unspecified atom stereocenters. The van der Waals surface area contributed by atoms with E-state index >= 15 is 0 Å². The molecule has 0 radical (unpaired) electrons. The summed E-state index contributed by atoms with van der Waals surface area (Å²) in [5.74, 6) is -0.938. The van der Waals surface area contributed by atoms with Crippen molar-refractivity contribution in [2.45, 2.75) is 10.9 Å². The first-order valence-electron chi connectivity index (χ1n) is 6.17. The molecule has 5 nitrogen and oxygen atoms in total. The molecule has 0 fully saturated rings. The Labute approximate surface area is 122 Å². The minimum absolute atomic E-state index is 0.133. The van der Waals surface area contributed by atoms with Gasteiger partial charge in [-0.25, -0.2) is 17.5 Å². The van der Waals surface area contributed by atoms with E-state index in [0.29, 0.717) is 5.56 Å². The second-order valence-corrected chi connectivity index (χ2v) is 6.14. The van der Waals surface area contributed by atoms with Crippen molar-refractivity contribution in [3.63, 3.8) is 0 Å². The summed E-state index contributed by atoms with van der Waals surface area (Å²) in [7, 11) is -4.11. The molecule has 7 heteroatoms. The van der Waals surface area contributed by atoms with E-state index in [1.54, 1.807) is 30.3 Å². The van der Waals surface area contributed by atoms with Crippen LogP contribution in [0, 0.1) is 5.82 Å². The van der Waals surface area contributed by atoms with E-state index in [4.69, 9.17) is 5.73 Å². The van der Waals surface area contributed by atoms with Crippen LogP contribution in [0.3, 0.4) is 0 Å². The number of nitrogens with two attached hydrogens (primary N) is 1. The third kappa shape index (κ3) is 3.57. The van der Waals surface area contributed by atoms with E-state index in [0.717, 1.165) is 12.1 Å². The maximum atomic E-state index is 13.7. The van der Waals surface area contributed by atoms with Crippen molar-refractivity contribution in [2.24, 2.45) is 0 Å². The van der Waals surface area contributed by atoms with Gasteiger partial charge in [-0.2, -0.15) is 0 Å². The molecule has 0 amide bonds. The van der Waals surface area contributed by atoms with Crippen LogP contribution in [0.5, 0.6) is 0 Å². The molecule has 0 aliphatic rings. The third-order valence-electron chi connectivity index (χ3n) is 2.93. The molecule has 21 heavy (non-hydrogen) atoms. The number of nitrogens with one attached hydrogen (secondary N) is 1. The molecule has 2 aromatic carbocycles. The monoisotopic (exact) mass is 310 g/mol. The van der Waals surface area contributed by atoms with Crippen LogP contribution in [0.25, 0.3) is 0 Å². The number of aliphatic hydroxyl groups is 1. The van der Waals surface area contributed by atoms with E-state index in [9.17, 15) is 17.9 Å². The quantitative estimate of drug-likeness (QED) is 0.728. The van der Waals surface area contributed by atoms with Gasteiger partial charge in [0.15, 0.2) is 0 Å². The van der Waals surface area contributed by atoms with Crippen LogP contribution in [0.2, 0.25) is 0 Å². The number of sulfonamides is 1. The summed E-state index contributed by atoms with van der Waals surface area (Å²) in [5, 5.41) is 9.36. The van der Waals surface area contributed by atoms with Crippen molar-refractivity contribution in [3.8, 4) is 0 Å². The lowest BCUT2D eigenvalue weighted by Gasteiger charge is -2.17. The SMILES string of the molecule is Nc1ccc(S(=O)(=O)N[C@@H](CO)c2ccccc2)c(F)c1. The van der Waals surface area contributed by atoms with Gasteiger partial charge in [0.2, 0.25) is 10.0 Å².